The molecule has 3 nitrogen and oxygen atoms in total. The Labute approximate surface area is 51.1 Å². The van der Waals surface area contributed by atoms with Gasteiger partial charge in [0.05, 0.1) is 0 Å². The van der Waals surface area contributed by atoms with Gasteiger partial charge in [0.25, 0.3) is 5.36 Å². The molecule has 0 fully saturated rings. The third-order valence-electron chi connectivity index (χ3n) is 1.14. The van der Waals surface area contributed by atoms with E-state index in [1.807, 2.05) is 12.1 Å². The Balaban J connectivity index is 3.09. The molecule has 0 unspecified atom stereocenters. The Kier molecular flexibility index (Phi) is 0.737. The largest absolute Gasteiger partial charge is 0.381 e. The van der Waals surface area contributed by atoms with E-state index in [1.54, 1.807) is 6.20 Å². The molecular weight excluding hydrogens is 114 g/mol. The summed E-state index contributed by atoms with van der Waals surface area (Å²) in [6, 6.07) is 3.73. The van der Waals surface area contributed by atoms with E-state index >= 15 is 0 Å². The molecule has 0 radical (unpaired) electrons. The summed E-state index contributed by atoms with van der Waals surface area (Å²) in [6.45, 7) is 0. The van der Waals surface area contributed by atoms with Gasteiger partial charge in [0.15, 0.2) is 0 Å². The molecule has 0 saturated heterocycles. The van der Waals surface area contributed by atoms with Crippen LogP contribution in [0.2, 0.25) is 0 Å². The Bertz CT molecular complexity index is 374. The van der Waals surface area contributed by atoms with Gasteiger partial charge >= 0.3 is 11.8 Å². The zero-order valence-corrected chi connectivity index (χ0v) is 4.65. The number of aromatic nitrogens is 1. The van der Waals surface area contributed by atoms with Crippen molar-refractivity contribution in [3.05, 3.63) is 29.2 Å². The van der Waals surface area contributed by atoms with Gasteiger partial charge in [-0.15, -0.1) is 0 Å². The van der Waals surface area contributed by atoms with Crippen LogP contribution in [0.5, 0.6) is 0 Å². The molecule has 1 aromatic heterocycles. The second-order valence-electron chi connectivity index (χ2n) is 1.72. The average molecular weight is 118 g/mol. The van der Waals surface area contributed by atoms with Crippen LogP contribution in [0.15, 0.2) is 23.3 Å². The first-order valence-electron chi connectivity index (χ1n) is 2.65. The molecule has 0 N–H and O–H groups in total. The summed E-state index contributed by atoms with van der Waals surface area (Å²) < 4.78 is 3.95. The average Bonchev–Trinajstić information content (AvgIpc) is 2.33. The number of nitrogens with zero attached hydrogens (tertiary/aromatic N) is 3. The molecule has 0 spiro atoms. The van der Waals surface area contributed by atoms with Gasteiger partial charge in [-0.25, -0.2) is 9.65 Å². The van der Waals surface area contributed by atoms with Crippen molar-refractivity contribution in [3.8, 4) is 0 Å². The van der Waals surface area contributed by atoms with Crippen molar-refractivity contribution in [2.45, 2.75) is 0 Å². The van der Waals surface area contributed by atoms with Gasteiger partial charge in [-0.1, -0.05) is 0 Å². The Morgan fingerprint density at radius 3 is 3.33 bits per heavy atom. The smallest absolute Gasteiger partial charge is 0.209 e. The summed E-state index contributed by atoms with van der Waals surface area (Å²) in [5.41, 5.74) is 0.720. The highest BCUT2D eigenvalue weighted by molar-refractivity contribution is 5.54. The van der Waals surface area contributed by atoms with Crippen LogP contribution in [0.1, 0.15) is 0 Å². The van der Waals surface area contributed by atoms with E-state index in [4.69, 9.17) is 0 Å². The molecule has 1 aliphatic rings. The quantitative estimate of drug-likeness (QED) is 0.379. The van der Waals surface area contributed by atoms with Crippen molar-refractivity contribution < 1.29 is 0 Å². The van der Waals surface area contributed by atoms with Gasteiger partial charge in [0.2, 0.25) is 0 Å². The van der Waals surface area contributed by atoms with Gasteiger partial charge in [-0.2, -0.15) is 0 Å². The first-order valence-corrected chi connectivity index (χ1v) is 2.65. The van der Waals surface area contributed by atoms with Crippen molar-refractivity contribution in [3.63, 3.8) is 0 Å². The second-order valence-corrected chi connectivity index (χ2v) is 1.72. The minimum absolute atomic E-state index is 0.720. The molecule has 0 aromatic carbocycles. The number of hydrogen-bond donors (Lipinski definition) is 0. The summed E-state index contributed by atoms with van der Waals surface area (Å²) in [5, 5.41) is 0.859. The molecule has 0 saturated carbocycles. The SMILES string of the molecule is C1=[N+]=c2cccnc2=N1. The fourth-order valence-electron chi connectivity index (χ4n) is 0.734. The minimum Gasteiger partial charge on any atom is -0.209 e. The molecule has 2 heterocycles. The maximum atomic E-state index is 3.97. The number of pyridine rings is 1. The number of rotatable bonds is 0. The summed E-state index contributed by atoms with van der Waals surface area (Å²) >= 11 is 0. The van der Waals surface area contributed by atoms with Crippen LogP contribution in [0.25, 0.3) is 0 Å². The lowest BCUT2D eigenvalue weighted by Gasteiger charge is -1.67. The van der Waals surface area contributed by atoms with E-state index in [-0.39, 0.29) is 0 Å². The monoisotopic (exact) mass is 118 g/mol. The Morgan fingerprint density at radius 2 is 2.44 bits per heavy atom. The highest BCUT2D eigenvalue weighted by atomic mass is 14.9. The summed E-state index contributed by atoms with van der Waals surface area (Å²) in [7, 11) is 0. The molecule has 0 aliphatic carbocycles. The second kappa shape index (κ2) is 1.50. The first-order chi connectivity index (χ1) is 4.47. The number of fused-ring (bicyclic) bond motifs is 1. The normalized spacial score (nSPS) is 12.0. The van der Waals surface area contributed by atoms with Crippen LogP contribution < -0.4 is 15.5 Å². The van der Waals surface area contributed by atoms with Crippen LogP contribution >= 0.6 is 0 Å². The molecule has 3 heteroatoms. The molecule has 0 bridgehead atoms. The molecule has 42 valence electrons. The molecule has 1 aromatic rings. The first kappa shape index (κ1) is 4.41. The van der Waals surface area contributed by atoms with E-state index in [9.17, 15) is 0 Å². The van der Waals surface area contributed by atoms with E-state index in [1.165, 1.54) is 6.34 Å². The maximum Gasteiger partial charge on any atom is 0.381 e. The van der Waals surface area contributed by atoms with Crippen molar-refractivity contribution in [1.29, 1.82) is 0 Å². The van der Waals surface area contributed by atoms with Crippen LogP contribution in [0, 0.1) is 0 Å². The van der Waals surface area contributed by atoms with Crippen molar-refractivity contribution in [2.75, 3.05) is 0 Å². The summed E-state index contributed by atoms with van der Waals surface area (Å²) in [4.78, 5) is 7.86. The van der Waals surface area contributed by atoms with Crippen LogP contribution in [-0.2, 0) is 0 Å². The van der Waals surface area contributed by atoms with Crippen molar-refractivity contribution in [1.82, 2.24) is 9.65 Å². The van der Waals surface area contributed by atoms with Gasteiger partial charge in [-0.05, 0) is 11.1 Å². The molecular formula is C6H4N3+. The third kappa shape index (κ3) is 0.556. The summed E-state index contributed by atoms with van der Waals surface area (Å²) in [6.07, 6.45) is 3.22. The Morgan fingerprint density at radius 1 is 1.44 bits per heavy atom. The van der Waals surface area contributed by atoms with Gasteiger partial charge in [-0.3, -0.25) is 0 Å². The highest BCUT2D eigenvalue weighted by Crippen LogP contribution is 1.63. The fraction of sp³-hybridized carbons (Fsp3) is 0. The lowest BCUT2D eigenvalue weighted by Crippen LogP contribution is -2.26. The number of hydrogen-bond acceptors (Lipinski definition) is 2. The molecule has 1 aliphatic heterocycles. The van der Waals surface area contributed by atoms with E-state index in [2.05, 4.69) is 14.6 Å². The standard InChI is InChI=1S/C6H4N3/c1-2-5-6(7-3-1)9-4-8-5/h1-4H/q+1. The lowest BCUT2D eigenvalue weighted by atomic mass is 10.5. The zero-order valence-electron chi connectivity index (χ0n) is 4.65. The van der Waals surface area contributed by atoms with Crippen molar-refractivity contribution in [2.24, 2.45) is 4.99 Å². The fourth-order valence-corrected chi connectivity index (χ4v) is 0.734. The zero-order chi connectivity index (χ0) is 6.10. The summed E-state index contributed by atoms with van der Waals surface area (Å²) in [5.74, 6) is 0. The van der Waals surface area contributed by atoms with Crippen LogP contribution in [0.4, 0.5) is 0 Å². The third-order valence-corrected chi connectivity index (χ3v) is 1.14. The predicted octanol–water partition coefficient (Wildman–Crippen LogP) is -1.57. The van der Waals surface area contributed by atoms with Crippen LogP contribution in [-0.4, -0.2) is 11.3 Å². The molecule has 9 heavy (non-hydrogen) atoms. The lowest BCUT2D eigenvalue weighted by molar-refractivity contribution is 1.13. The molecule has 2 rings (SSSR count). The maximum absolute atomic E-state index is 3.97. The highest BCUT2D eigenvalue weighted by Gasteiger charge is 2.00. The topological polar surface area (TPSA) is 39.4 Å². The van der Waals surface area contributed by atoms with Gasteiger partial charge in [0.1, 0.15) is 0 Å². The van der Waals surface area contributed by atoms with Crippen molar-refractivity contribution >= 4 is 6.34 Å². The van der Waals surface area contributed by atoms with E-state index in [0.717, 1.165) is 10.8 Å². The van der Waals surface area contributed by atoms with E-state index in [0.29, 0.717) is 0 Å². The molecule has 0 amide bonds. The Hall–Kier alpha value is -1.47. The van der Waals surface area contributed by atoms with Gasteiger partial charge < -0.3 is 0 Å². The predicted molar refractivity (Wildman–Crippen MR) is 32.3 cm³/mol. The minimum atomic E-state index is 0.720. The van der Waals surface area contributed by atoms with Gasteiger partial charge in [0, 0.05) is 12.3 Å². The van der Waals surface area contributed by atoms with Crippen LogP contribution in [0.3, 0.4) is 0 Å². The molecule has 0 atom stereocenters. The van der Waals surface area contributed by atoms with E-state index < -0.39 is 0 Å².